The van der Waals surface area contributed by atoms with Crippen LogP contribution in [-0.2, 0) is 65.4 Å². The van der Waals surface area contributed by atoms with Gasteiger partial charge in [0.1, 0.15) is 19.3 Å². The average Bonchev–Trinajstić information content (AvgIpc) is 1.10. The first-order chi connectivity index (χ1) is 46.1. The zero-order valence-electron chi connectivity index (χ0n) is 63.0. The summed E-state index contributed by atoms with van der Waals surface area (Å²) in [6.45, 7) is 14.2. The monoisotopic (exact) mass is 1410 g/mol. The Hall–Kier alpha value is -1.94. The van der Waals surface area contributed by atoms with E-state index < -0.39 is 97.5 Å². The molecule has 0 aliphatic carbocycles. The van der Waals surface area contributed by atoms with E-state index in [-0.39, 0.29) is 25.7 Å². The Labute approximate surface area is 588 Å². The Morgan fingerprint density at radius 2 is 0.438 bits per heavy atom. The van der Waals surface area contributed by atoms with Crippen molar-refractivity contribution >= 4 is 39.5 Å². The van der Waals surface area contributed by atoms with Gasteiger partial charge in [0, 0.05) is 25.7 Å². The quantitative estimate of drug-likeness (QED) is 0.0222. The molecule has 17 nitrogen and oxygen atoms in total. The van der Waals surface area contributed by atoms with E-state index in [1.165, 1.54) is 193 Å². The first-order valence-corrected chi connectivity index (χ1v) is 42.7. The number of aliphatic hydroxyl groups is 1. The number of hydrogen-bond donors (Lipinski definition) is 3. The Balaban J connectivity index is 5.24. The third kappa shape index (κ3) is 70.5. The van der Waals surface area contributed by atoms with Crippen molar-refractivity contribution in [1.82, 2.24) is 0 Å². The van der Waals surface area contributed by atoms with Gasteiger partial charge in [0.25, 0.3) is 0 Å². The van der Waals surface area contributed by atoms with Crippen LogP contribution in [0.25, 0.3) is 0 Å². The van der Waals surface area contributed by atoms with Gasteiger partial charge in [-0.25, -0.2) is 9.13 Å². The van der Waals surface area contributed by atoms with E-state index in [0.717, 1.165) is 114 Å². The summed E-state index contributed by atoms with van der Waals surface area (Å²) >= 11 is 0. The highest BCUT2D eigenvalue weighted by Crippen LogP contribution is 2.45. The minimum Gasteiger partial charge on any atom is -0.462 e. The molecule has 0 aromatic heterocycles. The van der Waals surface area contributed by atoms with Crippen LogP contribution in [0.3, 0.4) is 0 Å². The second kappa shape index (κ2) is 66.3. The van der Waals surface area contributed by atoms with E-state index in [9.17, 15) is 43.2 Å². The average molecular weight is 1410 g/mol. The van der Waals surface area contributed by atoms with Crippen LogP contribution < -0.4 is 0 Å². The van der Waals surface area contributed by atoms with Crippen LogP contribution in [0.1, 0.15) is 389 Å². The molecular formula is C77H150O17P2. The van der Waals surface area contributed by atoms with Crippen molar-refractivity contribution in [3.8, 4) is 0 Å². The van der Waals surface area contributed by atoms with Gasteiger partial charge in [-0.15, -0.1) is 0 Å². The molecule has 0 aliphatic heterocycles. The minimum absolute atomic E-state index is 0.105. The van der Waals surface area contributed by atoms with Crippen molar-refractivity contribution in [1.29, 1.82) is 0 Å². The van der Waals surface area contributed by atoms with Crippen LogP contribution in [-0.4, -0.2) is 96.7 Å². The molecule has 3 N–H and O–H groups in total. The van der Waals surface area contributed by atoms with Crippen LogP contribution >= 0.6 is 15.6 Å². The Bertz CT molecular complexity index is 1880. The van der Waals surface area contributed by atoms with Crippen molar-refractivity contribution < 1.29 is 80.2 Å². The maximum absolute atomic E-state index is 13.1. The van der Waals surface area contributed by atoms with E-state index in [0.29, 0.717) is 25.7 Å². The van der Waals surface area contributed by atoms with Gasteiger partial charge in [0.2, 0.25) is 0 Å². The predicted octanol–water partition coefficient (Wildman–Crippen LogP) is 22.4. The zero-order chi connectivity index (χ0) is 71.0. The molecule has 5 atom stereocenters. The fourth-order valence-corrected chi connectivity index (χ4v) is 13.3. The molecule has 0 fully saturated rings. The van der Waals surface area contributed by atoms with E-state index >= 15 is 0 Å². The molecule has 0 aliphatic rings. The van der Waals surface area contributed by atoms with Crippen molar-refractivity contribution in [3.05, 3.63) is 0 Å². The van der Waals surface area contributed by atoms with E-state index in [4.69, 9.17) is 37.0 Å². The number of carbonyl (C=O) groups excluding carboxylic acids is 4. The maximum atomic E-state index is 13.1. The number of aliphatic hydroxyl groups excluding tert-OH is 1. The first kappa shape index (κ1) is 94.1. The summed E-state index contributed by atoms with van der Waals surface area (Å²) in [5.41, 5.74) is 0. The lowest BCUT2D eigenvalue weighted by Crippen LogP contribution is -2.30. The molecule has 0 spiro atoms. The molecule has 2 unspecified atom stereocenters. The maximum Gasteiger partial charge on any atom is 0.472 e. The Morgan fingerprint density at radius 1 is 0.260 bits per heavy atom. The van der Waals surface area contributed by atoms with Crippen molar-refractivity contribution in [2.45, 2.75) is 408 Å². The summed E-state index contributed by atoms with van der Waals surface area (Å²) in [6.07, 6.45) is 51.4. The number of rotatable bonds is 74. The molecular weight excluding hydrogens is 1260 g/mol. The van der Waals surface area contributed by atoms with Gasteiger partial charge in [0.05, 0.1) is 26.4 Å². The van der Waals surface area contributed by atoms with E-state index in [2.05, 4.69) is 55.4 Å². The molecule has 0 saturated heterocycles. The highest BCUT2D eigenvalue weighted by atomic mass is 31.2. The number of esters is 4. The van der Waals surface area contributed by atoms with Crippen LogP contribution in [0.5, 0.6) is 0 Å². The summed E-state index contributed by atoms with van der Waals surface area (Å²) < 4.78 is 68.6. The normalized spacial score (nSPS) is 14.1. The standard InChI is InChI=1S/C77H150O17P2/c1-67(2)53-45-37-29-21-15-13-11-9-10-12-14-16-26-35-43-51-59-76(81)93-72(63-87-74(79)57-49-41-33-25-18-17-22-30-38-46-54-68(3)4)65-91-95(83,84)89-61-71(78)62-90-96(85,86)92-66-73(94-77(82)60-52-44-36-28-20-24-32-40-48-56-70(7)8)64-88-75(80)58-50-42-34-27-19-23-31-39-47-55-69(5)6/h67-73,78H,9-66H2,1-8H3,(H,83,84)(H,85,86)/t71-,72-,73-/m1/s1. The summed E-state index contributed by atoms with van der Waals surface area (Å²) in [7, 11) is -9.92. The molecule has 96 heavy (non-hydrogen) atoms. The smallest absolute Gasteiger partial charge is 0.462 e. The van der Waals surface area contributed by atoms with Crippen LogP contribution in [0, 0.1) is 23.7 Å². The van der Waals surface area contributed by atoms with Crippen LogP contribution in [0.15, 0.2) is 0 Å². The third-order valence-electron chi connectivity index (χ3n) is 17.8. The second-order valence-electron chi connectivity index (χ2n) is 29.7. The van der Waals surface area contributed by atoms with Gasteiger partial charge in [-0.3, -0.25) is 37.3 Å². The molecule has 19 heteroatoms. The number of unbranched alkanes of at least 4 members (excludes halogenated alkanes) is 40. The first-order valence-electron chi connectivity index (χ1n) is 39.7. The molecule has 0 heterocycles. The van der Waals surface area contributed by atoms with Gasteiger partial charge >= 0.3 is 39.5 Å². The molecule has 0 bridgehead atoms. The second-order valence-corrected chi connectivity index (χ2v) is 32.6. The SMILES string of the molecule is CC(C)CCCCCCCCCCCCCCCCCCC(=O)O[C@H](COC(=O)CCCCCCCCCCCCC(C)C)COP(=O)(O)OC[C@@H](O)COP(=O)(O)OC[C@@H](COC(=O)CCCCCCCCCCCC(C)C)OC(=O)CCCCCCCCCCCC(C)C. The van der Waals surface area contributed by atoms with Gasteiger partial charge in [-0.2, -0.15) is 0 Å². The van der Waals surface area contributed by atoms with Gasteiger partial charge < -0.3 is 33.8 Å². The number of phosphoric acid groups is 2. The largest absolute Gasteiger partial charge is 0.472 e. The fourth-order valence-electron chi connectivity index (χ4n) is 11.7. The Kier molecular flexibility index (Phi) is 65.0. The minimum atomic E-state index is -4.96. The number of carbonyl (C=O) groups is 4. The number of phosphoric ester groups is 2. The zero-order valence-corrected chi connectivity index (χ0v) is 64.8. The topological polar surface area (TPSA) is 237 Å². The highest BCUT2D eigenvalue weighted by Gasteiger charge is 2.30. The van der Waals surface area contributed by atoms with E-state index in [1.807, 2.05) is 0 Å². The summed E-state index contributed by atoms with van der Waals surface area (Å²) in [5, 5.41) is 10.6. The van der Waals surface area contributed by atoms with Gasteiger partial charge in [-0.05, 0) is 49.4 Å². The lowest BCUT2D eigenvalue weighted by atomic mass is 10.0. The lowest BCUT2D eigenvalue weighted by Gasteiger charge is -2.21. The fraction of sp³-hybridized carbons (Fsp3) is 0.948. The predicted molar refractivity (Wildman–Crippen MR) is 391 cm³/mol. The number of hydrogen-bond acceptors (Lipinski definition) is 15. The molecule has 0 rings (SSSR count). The number of ether oxygens (including phenoxy) is 4. The molecule has 0 aromatic rings. The molecule has 0 radical (unpaired) electrons. The Morgan fingerprint density at radius 3 is 0.646 bits per heavy atom. The lowest BCUT2D eigenvalue weighted by molar-refractivity contribution is -0.161. The van der Waals surface area contributed by atoms with Gasteiger partial charge in [0.15, 0.2) is 12.2 Å². The molecule has 0 saturated carbocycles. The van der Waals surface area contributed by atoms with Crippen molar-refractivity contribution in [3.63, 3.8) is 0 Å². The molecule has 0 aromatic carbocycles. The molecule has 0 amide bonds. The van der Waals surface area contributed by atoms with Crippen molar-refractivity contribution in [2.24, 2.45) is 23.7 Å². The summed E-state index contributed by atoms with van der Waals surface area (Å²) in [6, 6.07) is 0. The summed E-state index contributed by atoms with van der Waals surface area (Å²) in [4.78, 5) is 72.9. The van der Waals surface area contributed by atoms with Crippen LogP contribution in [0.4, 0.5) is 0 Å². The molecule has 570 valence electrons. The van der Waals surface area contributed by atoms with E-state index in [1.54, 1.807) is 0 Å². The van der Waals surface area contributed by atoms with Crippen LogP contribution in [0.2, 0.25) is 0 Å². The van der Waals surface area contributed by atoms with Crippen molar-refractivity contribution in [2.75, 3.05) is 39.6 Å². The summed E-state index contributed by atoms with van der Waals surface area (Å²) in [5.74, 6) is 0.928. The highest BCUT2D eigenvalue weighted by molar-refractivity contribution is 7.47. The third-order valence-corrected chi connectivity index (χ3v) is 19.7. The van der Waals surface area contributed by atoms with Gasteiger partial charge in [-0.1, -0.05) is 338 Å².